The SMILES string of the molecule is CN1CCNC(c2c(O)nc[nH]c2=O)C1. The van der Waals surface area contributed by atoms with Crippen LogP contribution in [0, 0.1) is 0 Å². The molecule has 1 aromatic rings. The van der Waals surface area contributed by atoms with Crippen molar-refractivity contribution in [1.29, 1.82) is 0 Å². The molecule has 82 valence electrons. The maximum absolute atomic E-state index is 11.5. The van der Waals surface area contributed by atoms with Crippen LogP contribution in [0.1, 0.15) is 11.6 Å². The van der Waals surface area contributed by atoms with E-state index in [4.69, 9.17) is 0 Å². The summed E-state index contributed by atoms with van der Waals surface area (Å²) < 4.78 is 0. The third kappa shape index (κ3) is 2.00. The normalized spacial score (nSPS) is 22.9. The van der Waals surface area contributed by atoms with Gasteiger partial charge in [-0.1, -0.05) is 0 Å². The van der Waals surface area contributed by atoms with Crippen LogP contribution in [0.4, 0.5) is 0 Å². The average Bonchev–Trinajstić information content (AvgIpc) is 2.17. The lowest BCUT2D eigenvalue weighted by molar-refractivity contribution is 0.236. The lowest BCUT2D eigenvalue weighted by Gasteiger charge is -2.30. The van der Waals surface area contributed by atoms with Gasteiger partial charge in [0.2, 0.25) is 5.88 Å². The number of aromatic hydroxyl groups is 1. The highest BCUT2D eigenvalue weighted by Gasteiger charge is 2.24. The Kier molecular flexibility index (Phi) is 2.70. The number of rotatable bonds is 1. The van der Waals surface area contributed by atoms with Crippen LogP contribution in [-0.4, -0.2) is 46.7 Å². The first-order valence-corrected chi connectivity index (χ1v) is 4.87. The Morgan fingerprint density at radius 1 is 1.67 bits per heavy atom. The Morgan fingerprint density at radius 3 is 3.13 bits per heavy atom. The minimum atomic E-state index is -0.282. The van der Waals surface area contributed by atoms with E-state index in [1.54, 1.807) is 0 Å². The topological polar surface area (TPSA) is 81.2 Å². The van der Waals surface area contributed by atoms with Gasteiger partial charge in [0, 0.05) is 19.6 Å². The van der Waals surface area contributed by atoms with Gasteiger partial charge in [-0.15, -0.1) is 0 Å². The smallest absolute Gasteiger partial charge is 0.259 e. The van der Waals surface area contributed by atoms with Gasteiger partial charge in [0.05, 0.1) is 17.9 Å². The summed E-state index contributed by atoms with van der Waals surface area (Å²) >= 11 is 0. The molecule has 3 N–H and O–H groups in total. The van der Waals surface area contributed by atoms with Crippen LogP contribution in [0.25, 0.3) is 0 Å². The highest BCUT2D eigenvalue weighted by Crippen LogP contribution is 2.19. The van der Waals surface area contributed by atoms with Crippen molar-refractivity contribution in [2.24, 2.45) is 0 Å². The minimum absolute atomic E-state index is 0.152. The molecule has 15 heavy (non-hydrogen) atoms. The lowest BCUT2D eigenvalue weighted by atomic mass is 10.1. The second kappa shape index (κ2) is 4.00. The second-order valence-electron chi connectivity index (χ2n) is 3.74. The predicted molar refractivity (Wildman–Crippen MR) is 54.8 cm³/mol. The molecule has 2 heterocycles. The van der Waals surface area contributed by atoms with Gasteiger partial charge in [0.25, 0.3) is 5.56 Å². The molecule has 0 radical (unpaired) electrons. The van der Waals surface area contributed by atoms with Crippen LogP contribution in [0.3, 0.4) is 0 Å². The van der Waals surface area contributed by atoms with E-state index in [1.165, 1.54) is 6.33 Å². The van der Waals surface area contributed by atoms with Crippen molar-refractivity contribution in [3.05, 3.63) is 22.2 Å². The maximum atomic E-state index is 11.5. The molecule has 0 amide bonds. The van der Waals surface area contributed by atoms with Gasteiger partial charge in [0.15, 0.2) is 0 Å². The summed E-state index contributed by atoms with van der Waals surface area (Å²) in [5, 5.41) is 12.7. The number of hydrogen-bond donors (Lipinski definition) is 3. The number of hydrogen-bond acceptors (Lipinski definition) is 5. The first-order valence-electron chi connectivity index (χ1n) is 4.87. The number of aromatic nitrogens is 2. The van der Waals surface area contributed by atoms with Crippen LogP contribution in [0.5, 0.6) is 5.88 Å². The molecule has 0 saturated carbocycles. The standard InChI is InChI=1S/C9H14N4O2/c1-13-3-2-10-6(4-13)7-8(14)11-5-12-9(7)15/h5-6,10H,2-4H2,1H3,(H2,11,12,14,15). The van der Waals surface area contributed by atoms with Gasteiger partial charge in [-0.05, 0) is 7.05 Å². The molecule has 0 aromatic carbocycles. The molecule has 0 aliphatic carbocycles. The van der Waals surface area contributed by atoms with Crippen LogP contribution in [0.15, 0.2) is 11.1 Å². The van der Waals surface area contributed by atoms with Crippen molar-refractivity contribution in [3.8, 4) is 5.88 Å². The Morgan fingerprint density at radius 2 is 2.47 bits per heavy atom. The molecule has 1 saturated heterocycles. The molecule has 1 fully saturated rings. The molecule has 6 nitrogen and oxygen atoms in total. The third-order valence-corrected chi connectivity index (χ3v) is 2.59. The van der Waals surface area contributed by atoms with E-state index in [0.717, 1.165) is 13.1 Å². The van der Waals surface area contributed by atoms with E-state index in [-0.39, 0.29) is 17.5 Å². The third-order valence-electron chi connectivity index (χ3n) is 2.59. The fraction of sp³-hybridized carbons (Fsp3) is 0.556. The number of H-pyrrole nitrogens is 1. The monoisotopic (exact) mass is 210 g/mol. The van der Waals surface area contributed by atoms with Gasteiger partial charge in [-0.2, -0.15) is 0 Å². The molecule has 6 heteroatoms. The highest BCUT2D eigenvalue weighted by molar-refractivity contribution is 5.25. The molecular formula is C9H14N4O2. The molecule has 1 unspecified atom stereocenters. The molecule has 0 spiro atoms. The molecule has 2 rings (SSSR count). The Balaban J connectivity index is 2.32. The van der Waals surface area contributed by atoms with Gasteiger partial charge < -0.3 is 20.3 Å². The minimum Gasteiger partial charge on any atom is -0.493 e. The lowest BCUT2D eigenvalue weighted by Crippen LogP contribution is -2.45. The Bertz CT molecular complexity index is 403. The predicted octanol–water partition coefficient (Wildman–Crippen LogP) is -0.948. The van der Waals surface area contributed by atoms with Crippen molar-refractivity contribution in [2.75, 3.05) is 26.7 Å². The molecular weight excluding hydrogens is 196 g/mol. The van der Waals surface area contributed by atoms with E-state index in [0.29, 0.717) is 12.1 Å². The zero-order chi connectivity index (χ0) is 10.8. The summed E-state index contributed by atoms with van der Waals surface area (Å²) in [6.45, 7) is 2.44. The summed E-state index contributed by atoms with van der Waals surface area (Å²) in [4.78, 5) is 19.8. The molecule has 1 aromatic heterocycles. The van der Waals surface area contributed by atoms with Gasteiger partial charge in [0.1, 0.15) is 0 Å². The number of likely N-dealkylation sites (N-methyl/N-ethyl adjacent to an activating group) is 1. The fourth-order valence-electron chi connectivity index (χ4n) is 1.81. The van der Waals surface area contributed by atoms with Crippen LogP contribution >= 0.6 is 0 Å². The van der Waals surface area contributed by atoms with E-state index < -0.39 is 0 Å². The summed E-state index contributed by atoms with van der Waals surface area (Å²) in [5.74, 6) is -0.188. The number of nitrogens with zero attached hydrogens (tertiary/aromatic N) is 2. The summed E-state index contributed by atoms with van der Waals surface area (Å²) in [6.07, 6.45) is 1.20. The number of nitrogens with one attached hydrogen (secondary N) is 2. The second-order valence-corrected chi connectivity index (χ2v) is 3.74. The number of aromatic amines is 1. The maximum Gasteiger partial charge on any atom is 0.259 e. The van der Waals surface area contributed by atoms with E-state index in [1.807, 2.05) is 7.05 Å². The largest absolute Gasteiger partial charge is 0.493 e. The summed E-state index contributed by atoms with van der Waals surface area (Å²) in [7, 11) is 1.98. The zero-order valence-electron chi connectivity index (χ0n) is 8.53. The van der Waals surface area contributed by atoms with Crippen LogP contribution in [0.2, 0.25) is 0 Å². The molecule has 1 aliphatic rings. The molecule has 1 atom stereocenters. The first kappa shape index (κ1) is 10.1. The fourth-order valence-corrected chi connectivity index (χ4v) is 1.81. The first-order chi connectivity index (χ1) is 7.18. The van der Waals surface area contributed by atoms with E-state index in [9.17, 15) is 9.90 Å². The van der Waals surface area contributed by atoms with Crippen LogP contribution < -0.4 is 10.9 Å². The molecule has 0 bridgehead atoms. The van der Waals surface area contributed by atoms with Gasteiger partial charge in [-0.25, -0.2) is 4.98 Å². The number of piperazine rings is 1. The summed E-state index contributed by atoms with van der Waals surface area (Å²) in [6, 6.07) is -0.152. The van der Waals surface area contributed by atoms with Crippen LogP contribution in [-0.2, 0) is 0 Å². The quantitative estimate of drug-likeness (QED) is 0.557. The Labute approximate surface area is 87.0 Å². The van der Waals surface area contributed by atoms with Crippen molar-refractivity contribution < 1.29 is 5.11 Å². The van der Waals surface area contributed by atoms with Crippen molar-refractivity contribution in [1.82, 2.24) is 20.2 Å². The van der Waals surface area contributed by atoms with Crippen molar-refractivity contribution in [3.63, 3.8) is 0 Å². The zero-order valence-corrected chi connectivity index (χ0v) is 8.53. The molecule has 1 aliphatic heterocycles. The van der Waals surface area contributed by atoms with Crippen molar-refractivity contribution in [2.45, 2.75) is 6.04 Å². The average molecular weight is 210 g/mol. The van der Waals surface area contributed by atoms with Crippen molar-refractivity contribution >= 4 is 0 Å². The Hall–Kier alpha value is -1.40. The van der Waals surface area contributed by atoms with Gasteiger partial charge in [-0.3, -0.25) is 4.79 Å². The summed E-state index contributed by atoms with van der Waals surface area (Å²) in [5.41, 5.74) is 0.0411. The highest BCUT2D eigenvalue weighted by atomic mass is 16.3. The van der Waals surface area contributed by atoms with E-state index >= 15 is 0 Å². The van der Waals surface area contributed by atoms with E-state index in [2.05, 4.69) is 20.2 Å². The van der Waals surface area contributed by atoms with Gasteiger partial charge >= 0.3 is 0 Å².